The van der Waals surface area contributed by atoms with Crippen LogP contribution in [0.5, 0.6) is 0 Å². The van der Waals surface area contributed by atoms with Gasteiger partial charge < -0.3 is 4.74 Å². The molecule has 0 fully saturated rings. The summed E-state index contributed by atoms with van der Waals surface area (Å²) in [5.74, 6) is 0.658. The Morgan fingerprint density at radius 3 is 1.97 bits per heavy atom. The Kier molecular flexibility index (Phi) is 6.34. The van der Waals surface area contributed by atoms with Crippen LogP contribution in [0.4, 0.5) is 0 Å². The molecule has 4 aromatic rings. The maximum Gasteiger partial charge on any atom is 0.218 e. The molecule has 32 heavy (non-hydrogen) atoms. The molecule has 0 aromatic heterocycles. The molecule has 0 saturated carbocycles. The number of hydrogen-bond donors (Lipinski definition) is 0. The summed E-state index contributed by atoms with van der Waals surface area (Å²) < 4.78 is 6.14. The quantitative estimate of drug-likeness (QED) is 0.352. The third-order valence-corrected chi connectivity index (χ3v) is 8.30. The predicted molar refractivity (Wildman–Crippen MR) is 137 cm³/mol. The molecule has 0 radical (unpaired) electrons. The average molecular weight is 456 g/mol. The lowest BCUT2D eigenvalue weighted by Crippen LogP contribution is -2.26. The number of halogens is 1. The number of rotatable bonds is 6. The van der Waals surface area contributed by atoms with Crippen LogP contribution < -0.4 is 15.9 Å². The zero-order valence-corrected chi connectivity index (χ0v) is 19.2. The molecule has 158 valence electrons. The Hall–Kier alpha value is -2.93. The van der Waals surface area contributed by atoms with E-state index in [9.17, 15) is 0 Å². The normalized spacial score (nSPS) is 15.4. The van der Waals surface area contributed by atoms with Gasteiger partial charge in [0.05, 0.1) is 16.6 Å². The molecule has 4 heteroatoms. The molecule has 1 aliphatic heterocycles. The first-order chi connectivity index (χ1) is 15.8. The minimum absolute atomic E-state index is 0.0937. The van der Waals surface area contributed by atoms with Crippen molar-refractivity contribution in [1.82, 2.24) is 0 Å². The molecule has 1 aliphatic rings. The lowest BCUT2D eigenvalue weighted by molar-refractivity contribution is 0.317. The number of nitrogens with zero attached hydrogens (tertiary/aromatic N) is 1. The molecular formula is C28H23ClNOP. The lowest BCUT2D eigenvalue weighted by atomic mass is 10.1. The summed E-state index contributed by atoms with van der Waals surface area (Å²) >= 11 is 6.79. The van der Waals surface area contributed by atoms with Crippen molar-refractivity contribution >= 4 is 41.3 Å². The molecule has 0 saturated heterocycles. The summed E-state index contributed by atoms with van der Waals surface area (Å²) in [6, 6.07) is 37.9. The maximum absolute atomic E-state index is 6.79. The highest BCUT2D eigenvalue weighted by Gasteiger charge is 2.28. The van der Waals surface area contributed by atoms with E-state index in [1.165, 1.54) is 21.5 Å². The van der Waals surface area contributed by atoms with Crippen molar-refractivity contribution in [3.05, 3.63) is 125 Å². The molecule has 4 aromatic carbocycles. The van der Waals surface area contributed by atoms with Crippen molar-refractivity contribution in [2.75, 3.05) is 6.61 Å². The van der Waals surface area contributed by atoms with Gasteiger partial charge in [-0.2, -0.15) is 0 Å². The summed E-state index contributed by atoms with van der Waals surface area (Å²) in [5.41, 5.74) is 2.19. The summed E-state index contributed by atoms with van der Waals surface area (Å²) in [6.07, 6.45) is 0.857. The van der Waals surface area contributed by atoms with Gasteiger partial charge in [0.15, 0.2) is 0 Å². The van der Waals surface area contributed by atoms with Crippen LogP contribution in [0, 0.1) is 0 Å². The Morgan fingerprint density at radius 1 is 0.750 bits per heavy atom. The number of benzene rings is 4. The van der Waals surface area contributed by atoms with E-state index in [-0.39, 0.29) is 6.04 Å². The Morgan fingerprint density at radius 2 is 1.34 bits per heavy atom. The molecule has 0 unspecified atom stereocenters. The van der Waals surface area contributed by atoms with Crippen LogP contribution >= 0.6 is 19.5 Å². The van der Waals surface area contributed by atoms with Crippen molar-refractivity contribution in [3.63, 3.8) is 0 Å². The molecule has 0 N–H and O–H groups in total. The van der Waals surface area contributed by atoms with Gasteiger partial charge >= 0.3 is 0 Å². The SMILES string of the molecule is Clc1cccc(P(c2ccccc2)c2ccccc2)c1C1=N[C@@H](Cc2ccccc2)CO1. The van der Waals surface area contributed by atoms with Crippen molar-refractivity contribution in [3.8, 4) is 0 Å². The van der Waals surface area contributed by atoms with Gasteiger partial charge in [-0.25, -0.2) is 4.99 Å². The molecule has 0 aliphatic carbocycles. The van der Waals surface area contributed by atoms with Gasteiger partial charge in [-0.05, 0) is 41.9 Å². The van der Waals surface area contributed by atoms with Crippen LogP contribution in [0.3, 0.4) is 0 Å². The number of ether oxygens (including phenoxy) is 1. The minimum Gasteiger partial charge on any atom is -0.475 e. The first kappa shape index (κ1) is 20.9. The molecule has 2 nitrogen and oxygen atoms in total. The lowest BCUT2D eigenvalue weighted by Gasteiger charge is -2.22. The molecule has 5 rings (SSSR count). The van der Waals surface area contributed by atoms with Gasteiger partial charge in [-0.1, -0.05) is 115 Å². The largest absolute Gasteiger partial charge is 0.475 e. The first-order valence-corrected chi connectivity index (χ1v) is 12.5. The first-order valence-electron chi connectivity index (χ1n) is 10.7. The van der Waals surface area contributed by atoms with E-state index in [1.54, 1.807) is 0 Å². The van der Waals surface area contributed by atoms with Crippen molar-refractivity contribution < 1.29 is 4.74 Å². The molecule has 1 heterocycles. The zero-order valence-electron chi connectivity index (χ0n) is 17.6. The molecule has 0 spiro atoms. The maximum atomic E-state index is 6.79. The summed E-state index contributed by atoms with van der Waals surface area (Å²) in [4.78, 5) is 4.97. The highest BCUT2D eigenvalue weighted by atomic mass is 35.5. The van der Waals surface area contributed by atoms with E-state index in [0.717, 1.165) is 12.0 Å². The Labute approximate surface area is 195 Å². The van der Waals surface area contributed by atoms with Crippen molar-refractivity contribution in [2.24, 2.45) is 4.99 Å². The highest BCUT2D eigenvalue weighted by Crippen LogP contribution is 2.36. The summed E-state index contributed by atoms with van der Waals surface area (Å²) in [6.45, 7) is 0.573. The standard InChI is InChI=1S/C28H23ClNOP/c29-25-17-10-18-26(32(23-13-6-2-7-14-23)24-15-8-3-9-16-24)27(25)28-30-22(20-31-28)19-21-11-4-1-5-12-21/h1-18,22H,19-20H2/t22-/m0/s1. The fraction of sp³-hybridized carbons (Fsp3) is 0.107. The van der Waals surface area contributed by atoms with Crippen LogP contribution in [-0.2, 0) is 11.2 Å². The van der Waals surface area contributed by atoms with E-state index in [1.807, 2.05) is 18.2 Å². The van der Waals surface area contributed by atoms with Gasteiger partial charge in [0.2, 0.25) is 5.90 Å². The second-order valence-electron chi connectivity index (χ2n) is 7.73. The molecule has 1 atom stereocenters. The van der Waals surface area contributed by atoms with E-state index in [0.29, 0.717) is 17.5 Å². The predicted octanol–water partition coefficient (Wildman–Crippen LogP) is 5.49. The topological polar surface area (TPSA) is 21.6 Å². The molecule has 0 bridgehead atoms. The van der Waals surface area contributed by atoms with Crippen molar-refractivity contribution in [2.45, 2.75) is 12.5 Å². The van der Waals surface area contributed by atoms with E-state index >= 15 is 0 Å². The summed E-state index contributed by atoms with van der Waals surface area (Å²) in [5, 5.41) is 4.40. The van der Waals surface area contributed by atoms with E-state index in [2.05, 4.69) is 91.0 Å². The monoisotopic (exact) mass is 455 g/mol. The third-order valence-electron chi connectivity index (χ3n) is 5.50. The number of aliphatic imine (C=N–C) groups is 1. The van der Waals surface area contributed by atoms with E-state index in [4.69, 9.17) is 21.3 Å². The number of hydrogen-bond acceptors (Lipinski definition) is 2. The van der Waals surface area contributed by atoms with Crippen LogP contribution in [0.15, 0.2) is 114 Å². The second kappa shape index (κ2) is 9.69. The molecule has 0 amide bonds. The fourth-order valence-electron chi connectivity index (χ4n) is 4.04. The van der Waals surface area contributed by atoms with Crippen LogP contribution in [0.25, 0.3) is 0 Å². The minimum atomic E-state index is -0.807. The summed E-state index contributed by atoms with van der Waals surface area (Å²) in [7, 11) is -0.807. The average Bonchev–Trinajstić information content (AvgIpc) is 3.29. The van der Waals surface area contributed by atoms with Gasteiger partial charge in [0, 0.05) is 0 Å². The molecular weight excluding hydrogens is 433 g/mol. The van der Waals surface area contributed by atoms with Gasteiger partial charge in [0.1, 0.15) is 6.61 Å². The van der Waals surface area contributed by atoms with Gasteiger partial charge in [-0.15, -0.1) is 0 Å². The fourth-order valence-corrected chi connectivity index (χ4v) is 6.83. The van der Waals surface area contributed by atoms with Crippen LogP contribution in [0.2, 0.25) is 5.02 Å². The van der Waals surface area contributed by atoms with Crippen molar-refractivity contribution in [1.29, 1.82) is 0 Å². The third kappa shape index (κ3) is 4.48. The highest BCUT2D eigenvalue weighted by molar-refractivity contribution is 7.80. The second-order valence-corrected chi connectivity index (χ2v) is 10.3. The van der Waals surface area contributed by atoms with Gasteiger partial charge in [-0.3, -0.25) is 0 Å². The van der Waals surface area contributed by atoms with Crippen LogP contribution in [-0.4, -0.2) is 18.5 Å². The Balaban J connectivity index is 1.57. The van der Waals surface area contributed by atoms with E-state index < -0.39 is 7.92 Å². The zero-order chi connectivity index (χ0) is 21.8. The van der Waals surface area contributed by atoms with Gasteiger partial charge in [0.25, 0.3) is 0 Å². The smallest absolute Gasteiger partial charge is 0.218 e. The van der Waals surface area contributed by atoms with Crippen LogP contribution in [0.1, 0.15) is 11.1 Å². The Bertz CT molecular complexity index is 1170.